The summed E-state index contributed by atoms with van der Waals surface area (Å²) >= 11 is 0. The van der Waals surface area contributed by atoms with Gasteiger partial charge in [0.2, 0.25) is 11.8 Å². The molecule has 5 heteroatoms. The molecule has 1 aromatic heterocycles. The predicted molar refractivity (Wildman–Crippen MR) is 61.2 cm³/mol. The van der Waals surface area contributed by atoms with Gasteiger partial charge >= 0.3 is 0 Å². The third kappa shape index (κ3) is 2.18. The van der Waals surface area contributed by atoms with Crippen LogP contribution in [0.15, 0.2) is 30.5 Å². The van der Waals surface area contributed by atoms with E-state index in [0.29, 0.717) is 10.9 Å². The number of halogens is 1. The highest BCUT2D eigenvalue weighted by molar-refractivity contribution is 5.94. The third-order valence-electron chi connectivity index (χ3n) is 2.44. The van der Waals surface area contributed by atoms with Crippen LogP contribution in [0.4, 0.5) is 4.39 Å². The van der Waals surface area contributed by atoms with Gasteiger partial charge < -0.3 is 5.32 Å². The zero-order valence-electron chi connectivity index (χ0n) is 9.24. The van der Waals surface area contributed by atoms with Crippen LogP contribution < -0.4 is 5.32 Å². The molecular formula is C12H11FN2O2. The molecule has 0 saturated heterocycles. The Labute approximate surface area is 97.0 Å². The zero-order chi connectivity index (χ0) is 12.4. The van der Waals surface area contributed by atoms with Crippen molar-refractivity contribution in [1.82, 2.24) is 9.88 Å². The number of carbonyl (C=O) groups excluding carboxylic acids is 2. The monoisotopic (exact) mass is 234 g/mol. The van der Waals surface area contributed by atoms with E-state index < -0.39 is 0 Å². The molecule has 0 aliphatic carbocycles. The molecule has 2 aromatic rings. The molecule has 1 amide bonds. The largest absolute Gasteiger partial charge is 0.347 e. The molecule has 0 fully saturated rings. The van der Waals surface area contributed by atoms with Gasteiger partial charge in [0.05, 0.1) is 12.1 Å². The maximum Gasteiger partial charge on any atom is 0.250 e. The minimum atomic E-state index is -0.367. The lowest BCUT2D eigenvalue weighted by atomic mass is 10.2. The maximum absolute atomic E-state index is 13.4. The standard InChI is InChI=1S/C12H11FN2O2/c1-8(16)14-7-12(17)15-6-5-9-10(13)3-2-4-11(9)15/h2-6H,7H2,1H3,(H,14,16). The predicted octanol–water partition coefficient (Wildman–Crippen LogP) is 1.56. The number of rotatable bonds is 2. The normalized spacial score (nSPS) is 10.5. The number of hydrogen-bond acceptors (Lipinski definition) is 2. The third-order valence-corrected chi connectivity index (χ3v) is 2.44. The summed E-state index contributed by atoms with van der Waals surface area (Å²) in [6.07, 6.45) is 1.50. The summed E-state index contributed by atoms with van der Waals surface area (Å²) in [6, 6.07) is 6.07. The van der Waals surface area contributed by atoms with Crippen LogP contribution >= 0.6 is 0 Å². The molecular weight excluding hydrogens is 223 g/mol. The Kier molecular flexibility index (Phi) is 2.91. The van der Waals surface area contributed by atoms with Crippen LogP contribution in [0, 0.1) is 5.82 Å². The maximum atomic E-state index is 13.4. The molecule has 88 valence electrons. The molecule has 0 radical (unpaired) electrons. The van der Waals surface area contributed by atoms with Gasteiger partial charge in [-0.1, -0.05) is 6.07 Å². The van der Waals surface area contributed by atoms with Crippen molar-refractivity contribution in [3.8, 4) is 0 Å². The fraction of sp³-hybridized carbons (Fsp3) is 0.167. The van der Waals surface area contributed by atoms with E-state index in [4.69, 9.17) is 0 Å². The highest BCUT2D eigenvalue weighted by atomic mass is 19.1. The fourth-order valence-corrected chi connectivity index (χ4v) is 1.63. The van der Waals surface area contributed by atoms with Crippen molar-refractivity contribution < 1.29 is 14.0 Å². The minimum absolute atomic E-state index is 0.102. The summed E-state index contributed by atoms with van der Waals surface area (Å²) in [5.41, 5.74) is 0.500. The average Bonchev–Trinajstić information content (AvgIpc) is 2.71. The molecule has 0 atom stereocenters. The number of nitrogens with zero attached hydrogens (tertiary/aromatic N) is 1. The molecule has 0 aliphatic heterocycles. The molecule has 1 aromatic carbocycles. The first kappa shape index (κ1) is 11.3. The highest BCUT2D eigenvalue weighted by Gasteiger charge is 2.10. The summed E-state index contributed by atoms with van der Waals surface area (Å²) in [6.45, 7) is 1.23. The van der Waals surface area contributed by atoms with Crippen molar-refractivity contribution >= 4 is 22.7 Å². The van der Waals surface area contributed by atoms with E-state index in [-0.39, 0.29) is 24.2 Å². The fourth-order valence-electron chi connectivity index (χ4n) is 1.63. The molecule has 0 saturated carbocycles. The topological polar surface area (TPSA) is 51.1 Å². The molecule has 0 spiro atoms. The molecule has 0 unspecified atom stereocenters. The van der Waals surface area contributed by atoms with Gasteiger partial charge in [-0.05, 0) is 18.2 Å². The Morgan fingerprint density at radius 2 is 2.12 bits per heavy atom. The van der Waals surface area contributed by atoms with Crippen LogP contribution in [0.2, 0.25) is 0 Å². The van der Waals surface area contributed by atoms with Crippen molar-refractivity contribution in [2.45, 2.75) is 6.92 Å². The second-order valence-electron chi connectivity index (χ2n) is 3.66. The van der Waals surface area contributed by atoms with E-state index in [0.717, 1.165) is 0 Å². The van der Waals surface area contributed by atoms with E-state index in [9.17, 15) is 14.0 Å². The molecule has 1 N–H and O–H groups in total. The quantitative estimate of drug-likeness (QED) is 0.857. The SMILES string of the molecule is CC(=O)NCC(=O)n1ccc2c(F)cccc21. The second-order valence-corrected chi connectivity index (χ2v) is 3.66. The minimum Gasteiger partial charge on any atom is -0.347 e. The zero-order valence-corrected chi connectivity index (χ0v) is 9.24. The van der Waals surface area contributed by atoms with Gasteiger partial charge in [-0.15, -0.1) is 0 Å². The summed E-state index contributed by atoms with van der Waals surface area (Å²) in [5, 5.41) is 2.80. The Morgan fingerprint density at radius 3 is 2.82 bits per heavy atom. The van der Waals surface area contributed by atoms with Crippen LogP contribution in [0.25, 0.3) is 10.9 Å². The van der Waals surface area contributed by atoms with Gasteiger partial charge in [-0.25, -0.2) is 4.39 Å². The average molecular weight is 234 g/mol. The van der Waals surface area contributed by atoms with Crippen LogP contribution in [0.3, 0.4) is 0 Å². The van der Waals surface area contributed by atoms with E-state index >= 15 is 0 Å². The van der Waals surface area contributed by atoms with E-state index in [1.165, 1.54) is 29.8 Å². The molecule has 4 nitrogen and oxygen atoms in total. The number of carbonyl (C=O) groups is 2. The lowest BCUT2D eigenvalue weighted by molar-refractivity contribution is -0.118. The van der Waals surface area contributed by atoms with Gasteiger partial charge in [-0.2, -0.15) is 0 Å². The van der Waals surface area contributed by atoms with E-state index in [2.05, 4.69) is 5.32 Å². The first-order chi connectivity index (χ1) is 8.09. The molecule has 2 rings (SSSR count). The van der Waals surface area contributed by atoms with Crippen LogP contribution in [0.1, 0.15) is 11.7 Å². The first-order valence-corrected chi connectivity index (χ1v) is 5.13. The van der Waals surface area contributed by atoms with Crippen molar-refractivity contribution in [1.29, 1.82) is 0 Å². The van der Waals surface area contributed by atoms with Crippen molar-refractivity contribution in [3.63, 3.8) is 0 Å². The molecule has 0 bridgehead atoms. The summed E-state index contributed by atoms with van der Waals surface area (Å²) < 4.78 is 14.7. The lowest BCUT2D eigenvalue weighted by Crippen LogP contribution is -2.30. The number of nitrogens with one attached hydrogen (secondary N) is 1. The Morgan fingerprint density at radius 1 is 1.35 bits per heavy atom. The Balaban J connectivity index is 2.33. The van der Waals surface area contributed by atoms with Crippen LogP contribution in [-0.2, 0) is 4.79 Å². The lowest BCUT2D eigenvalue weighted by Gasteiger charge is -2.04. The molecule has 0 aliphatic rings. The first-order valence-electron chi connectivity index (χ1n) is 5.13. The molecule has 17 heavy (non-hydrogen) atoms. The molecule has 1 heterocycles. The summed E-state index contributed by atoms with van der Waals surface area (Å²) in [5.74, 6) is -0.949. The number of hydrogen-bond donors (Lipinski definition) is 1. The highest BCUT2D eigenvalue weighted by Crippen LogP contribution is 2.18. The van der Waals surface area contributed by atoms with Gasteiger partial charge in [0.25, 0.3) is 0 Å². The van der Waals surface area contributed by atoms with Gasteiger partial charge in [0.1, 0.15) is 5.82 Å². The number of amides is 1. The van der Waals surface area contributed by atoms with Crippen LogP contribution in [-0.4, -0.2) is 22.9 Å². The van der Waals surface area contributed by atoms with Gasteiger partial charge in [0.15, 0.2) is 0 Å². The van der Waals surface area contributed by atoms with Crippen molar-refractivity contribution in [3.05, 3.63) is 36.3 Å². The van der Waals surface area contributed by atoms with Crippen molar-refractivity contribution in [2.24, 2.45) is 0 Å². The van der Waals surface area contributed by atoms with Crippen molar-refractivity contribution in [2.75, 3.05) is 6.54 Å². The Hall–Kier alpha value is -2.17. The number of aromatic nitrogens is 1. The van der Waals surface area contributed by atoms with E-state index in [1.54, 1.807) is 12.1 Å². The smallest absolute Gasteiger partial charge is 0.250 e. The second kappa shape index (κ2) is 4.37. The Bertz CT molecular complexity index is 589. The summed E-state index contributed by atoms with van der Waals surface area (Å²) in [4.78, 5) is 22.5. The van der Waals surface area contributed by atoms with Crippen LogP contribution in [0.5, 0.6) is 0 Å². The summed E-state index contributed by atoms with van der Waals surface area (Å²) in [7, 11) is 0. The number of benzene rings is 1. The van der Waals surface area contributed by atoms with E-state index in [1.807, 2.05) is 0 Å². The number of fused-ring (bicyclic) bond motifs is 1. The van der Waals surface area contributed by atoms with Gasteiger partial charge in [-0.3, -0.25) is 14.2 Å². The van der Waals surface area contributed by atoms with Gasteiger partial charge in [0, 0.05) is 18.5 Å².